The molecule has 0 unspecified atom stereocenters. The summed E-state index contributed by atoms with van der Waals surface area (Å²) in [5, 5.41) is 0.433. The van der Waals surface area contributed by atoms with Gasteiger partial charge in [-0.05, 0) is 43.2 Å². The maximum absolute atomic E-state index is 15.1. The van der Waals surface area contributed by atoms with Crippen LogP contribution in [-0.4, -0.2) is 49.4 Å². The first-order chi connectivity index (χ1) is 14.0. The normalized spacial score (nSPS) is 20.2. The molecule has 0 saturated carbocycles. The molecule has 2 atom stereocenters. The first-order valence-corrected chi connectivity index (χ1v) is 10.4. The smallest absolute Gasteiger partial charge is 0.221 e. The highest BCUT2D eigenvalue weighted by molar-refractivity contribution is 8.13. The van der Waals surface area contributed by atoms with Crippen LogP contribution in [0.25, 0.3) is 11.1 Å². The Balaban J connectivity index is 2.05. The van der Waals surface area contributed by atoms with E-state index >= 15 is 4.39 Å². The first-order valence-electron chi connectivity index (χ1n) is 9.37. The molecule has 8 heteroatoms. The second-order valence-corrected chi connectivity index (χ2v) is 8.03. The van der Waals surface area contributed by atoms with E-state index in [2.05, 4.69) is 9.98 Å². The number of hydrogen-bond acceptors (Lipinski definition) is 7. The van der Waals surface area contributed by atoms with Crippen molar-refractivity contribution < 1.29 is 18.6 Å². The minimum Gasteiger partial charge on any atom is -0.481 e. The zero-order valence-corrected chi connectivity index (χ0v) is 17.7. The monoisotopic (exact) mass is 419 g/mol. The maximum atomic E-state index is 15.1. The van der Waals surface area contributed by atoms with Crippen LogP contribution >= 0.6 is 11.8 Å². The number of aliphatic imine (C=N–C) groups is 1. The molecule has 29 heavy (non-hydrogen) atoms. The molecule has 1 aliphatic rings. The number of nitrogens with zero attached hydrogens (tertiary/aromatic N) is 2. The topological polar surface area (TPSA) is 79.0 Å². The highest BCUT2D eigenvalue weighted by atomic mass is 32.2. The SMILES string of the molecule is COC[C@@H](C)OC[C@@]1(c2cc(-c3cccnc3OC)ccc2F)CCSC(N)=N1. The van der Waals surface area contributed by atoms with Crippen molar-refractivity contribution in [2.45, 2.75) is 25.0 Å². The molecule has 0 saturated heterocycles. The van der Waals surface area contributed by atoms with Gasteiger partial charge in [0, 0.05) is 30.2 Å². The second kappa shape index (κ2) is 9.56. The number of methoxy groups -OCH3 is 2. The molecule has 1 aliphatic heterocycles. The first kappa shape index (κ1) is 21.5. The summed E-state index contributed by atoms with van der Waals surface area (Å²) in [6.45, 7) is 2.57. The molecule has 1 aromatic carbocycles. The van der Waals surface area contributed by atoms with Crippen molar-refractivity contribution in [1.29, 1.82) is 0 Å². The Bertz CT molecular complexity index is 880. The van der Waals surface area contributed by atoms with E-state index in [1.54, 1.807) is 32.5 Å². The number of hydrogen-bond donors (Lipinski definition) is 1. The third-order valence-electron chi connectivity index (χ3n) is 4.84. The third kappa shape index (κ3) is 4.88. The van der Waals surface area contributed by atoms with E-state index < -0.39 is 5.54 Å². The van der Waals surface area contributed by atoms with Crippen LogP contribution in [-0.2, 0) is 15.0 Å². The summed E-state index contributed by atoms with van der Waals surface area (Å²) >= 11 is 1.47. The molecule has 0 aliphatic carbocycles. The molecule has 0 amide bonds. The largest absolute Gasteiger partial charge is 0.481 e. The van der Waals surface area contributed by atoms with E-state index in [0.29, 0.717) is 29.6 Å². The molecule has 156 valence electrons. The van der Waals surface area contributed by atoms with Crippen molar-refractivity contribution in [3.8, 4) is 17.0 Å². The van der Waals surface area contributed by atoms with E-state index in [-0.39, 0.29) is 18.5 Å². The van der Waals surface area contributed by atoms with Crippen LogP contribution in [0.4, 0.5) is 4.39 Å². The van der Waals surface area contributed by atoms with Crippen molar-refractivity contribution >= 4 is 16.9 Å². The summed E-state index contributed by atoms with van der Waals surface area (Å²) < 4.78 is 31.5. The molecule has 0 spiro atoms. The van der Waals surface area contributed by atoms with E-state index in [1.165, 1.54) is 17.8 Å². The lowest BCUT2D eigenvalue weighted by Crippen LogP contribution is -2.38. The summed E-state index contributed by atoms with van der Waals surface area (Å²) in [6, 6.07) is 8.67. The number of pyridine rings is 1. The Labute approximate surface area is 174 Å². The van der Waals surface area contributed by atoms with Gasteiger partial charge in [-0.2, -0.15) is 0 Å². The number of ether oxygens (including phenoxy) is 3. The molecular formula is C21H26FN3O3S. The minimum atomic E-state index is -0.896. The van der Waals surface area contributed by atoms with Crippen molar-refractivity contribution in [2.75, 3.05) is 33.2 Å². The van der Waals surface area contributed by atoms with Gasteiger partial charge >= 0.3 is 0 Å². The van der Waals surface area contributed by atoms with Crippen molar-refractivity contribution in [2.24, 2.45) is 10.7 Å². The highest BCUT2D eigenvalue weighted by Crippen LogP contribution is 2.40. The van der Waals surface area contributed by atoms with E-state index in [0.717, 1.165) is 16.9 Å². The standard InChI is InChI=1S/C21H26FN3O3S/c1-14(12-26-2)28-13-21(8-10-29-20(23)25-21)17-11-15(6-7-18(17)22)16-5-4-9-24-19(16)27-3/h4-7,9,11,14H,8,10,12-13H2,1-3H3,(H2,23,25)/t14-,21-/m1/s1. The Kier molecular flexibility index (Phi) is 7.10. The van der Waals surface area contributed by atoms with Gasteiger partial charge in [0.2, 0.25) is 5.88 Å². The Morgan fingerprint density at radius 1 is 1.31 bits per heavy atom. The number of halogens is 1. The average molecular weight is 420 g/mol. The quantitative estimate of drug-likeness (QED) is 0.704. The summed E-state index contributed by atoms with van der Waals surface area (Å²) in [7, 11) is 3.18. The number of rotatable bonds is 8. The van der Waals surface area contributed by atoms with Crippen LogP contribution in [0.3, 0.4) is 0 Å². The zero-order chi connectivity index (χ0) is 20.9. The van der Waals surface area contributed by atoms with E-state index in [1.807, 2.05) is 19.1 Å². The average Bonchev–Trinajstić information content (AvgIpc) is 2.73. The Morgan fingerprint density at radius 2 is 2.14 bits per heavy atom. The van der Waals surface area contributed by atoms with E-state index in [4.69, 9.17) is 19.9 Å². The predicted molar refractivity (Wildman–Crippen MR) is 114 cm³/mol. The molecular weight excluding hydrogens is 393 g/mol. The number of aromatic nitrogens is 1. The Hall–Kier alpha value is -2.16. The minimum absolute atomic E-state index is 0.146. The summed E-state index contributed by atoms with van der Waals surface area (Å²) in [4.78, 5) is 8.90. The molecule has 3 rings (SSSR count). The fraction of sp³-hybridized carbons (Fsp3) is 0.429. The van der Waals surface area contributed by atoms with Gasteiger partial charge in [-0.1, -0.05) is 17.8 Å². The van der Waals surface area contributed by atoms with Crippen molar-refractivity contribution in [3.05, 3.63) is 47.9 Å². The number of amidine groups is 1. The van der Waals surface area contributed by atoms with Gasteiger partial charge in [-0.3, -0.25) is 0 Å². The van der Waals surface area contributed by atoms with Gasteiger partial charge < -0.3 is 19.9 Å². The molecule has 6 nitrogen and oxygen atoms in total. The second-order valence-electron chi connectivity index (χ2n) is 6.91. The molecule has 0 bridgehead atoms. The highest BCUT2D eigenvalue weighted by Gasteiger charge is 2.38. The summed E-state index contributed by atoms with van der Waals surface area (Å²) in [5.74, 6) is 0.867. The number of thioether (sulfide) groups is 1. The fourth-order valence-corrected chi connectivity index (χ4v) is 4.27. The lowest BCUT2D eigenvalue weighted by Gasteiger charge is -2.34. The van der Waals surface area contributed by atoms with Crippen molar-refractivity contribution in [1.82, 2.24) is 4.98 Å². The zero-order valence-electron chi connectivity index (χ0n) is 16.9. The molecule has 0 fully saturated rings. The van der Waals surface area contributed by atoms with Crippen LogP contribution in [0.1, 0.15) is 18.9 Å². The van der Waals surface area contributed by atoms with Gasteiger partial charge in [-0.15, -0.1) is 0 Å². The number of nitrogens with two attached hydrogens (primary N) is 1. The van der Waals surface area contributed by atoms with Gasteiger partial charge in [0.15, 0.2) is 5.17 Å². The lowest BCUT2D eigenvalue weighted by atomic mass is 9.86. The molecule has 2 heterocycles. The van der Waals surface area contributed by atoms with Gasteiger partial charge in [0.1, 0.15) is 11.4 Å². The van der Waals surface area contributed by atoms with Gasteiger partial charge in [0.25, 0.3) is 0 Å². The molecule has 1 aromatic heterocycles. The molecule has 0 radical (unpaired) electrons. The van der Waals surface area contributed by atoms with Gasteiger partial charge in [0.05, 0.1) is 26.4 Å². The van der Waals surface area contributed by atoms with E-state index in [9.17, 15) is 0 Å². The maximum Gasteiger partial charge on any atom is 0.221 e. The molecule has 2 N–H and O–H groups in total. The van der Waals surface area contributed by atoms with Crippen LogP contribution < -0.4 is 10.5 Å². The van der Waals surface area contributed by atoms with Crippen LogP contribution in [0.5, 0.6) is 5.88 Å². The summed E-state index contributed by atoms with van der Waals surface area (Å²) in [5.41, 5.74) is 7.17. The third-order valence-corrected chi connectivity index (χ3v) is 5.64. The predicted octanol–water partition coefficient (Wildman–Crippen LogP) is 3.59. The van der Waals surface area contributed by atoms with Crippen molar-refractivity contribution in [3.63, 3.8) is 0 Å². The van der Waals surface area contributed by atoms with Crippen LogP contribution in [0.15, 0.2) is 41.5 Å². The van der Waals surface area contributed by atoms with Gasteiger partial charge in [-0.25, -0.2) is 14.4 Å². The fourth-order valence-electron chi connectivity index (χ4n) is 3.39. The van der Waals surface area contributed by atoms with Crippen LogP contribution in [0.2, 0.25) is 0 Å². The molecule has 2 aromatic rings. The van der Waals surface area contributed by atoms with Crippen LogP contribution in [0, 0.1) is 5.82 Å². The number of benzene rings is 1. The lowest BCUT2D eigenvalue weighted by molar-refractivity contribution is -0.0147. The Morgan fingerprint density at radius 3 is 2.86 bits per heavy atom. The summed E-state index contributed by atoms with van der Waals surface area (Å²) in [6.07, 6.45) is 2.12.